The first-order valence-corrected chi connectivity index (χ1v) is 8.59. The van der Waals surface area contributed by atoms with Crippen LogP contribution in [0.1, 0.15) is 66.2 Å². The van der Waals surface area contributed by atoms with E-state index in [1.807, 2.05) is 47.6 Å². The van der Waals surface area contributed by atoms with Crippen LogP contribution in [0.5, 0.6) is 0 Å². The molecule has 0 saturated carbocycles. The molecule has 0 aliphatic carbocycles. The first-order chi connectivity index (χ1) is 11.2. The molecule has 0 saturated heterocycles. The van der Waals surface area contributed by atoms with Crippen LogP contribution < -0.4 is 15.8 Å². The van der Waals surface area contributed by atoms with Crippen molar-refractivity contribution in [2.24, 2.45) is 0 Å². The lowest BCUT2D eigenvalue weighted by Crippen LogP contribution is -2.35. The second-order valence-corrected chi connectivity index (χ2v) is 6.70. The van der Waals surface area contributed by atoms with E-state index in [4.69, 9.17) is 9.15 Å². The summed E-state index contributed by atoms with van der Waals surface area (Å²) in [7, 11) is 0. The van der Waals surface area contributed by atoms with E-state index in [-0.39, 0.29) is 0 Å². The van der Waals surface area contributed by atoms with Crippen molar-refractivity contribution in [2.75, 3.05) is 18.0 Å². The summed E-state index contributed by atoms with van der Waals surface area (Å²) in [5.41, 5.74) is -0.190. The van der Waals surface area contributed by atoms with Crippen LogP contribution in [0, 0.1) is 0 Å². The molecule has 0 spiro atoms. The number of nitrogens with one attached hydrogen (secondary N) is 1. The van der Waals surface area contributed by atoms with Crippen LogP contribution in [0.3, 0.4) is 0 Å². The SMILES string of the molecule is CCC[C@@H](NC(=O)OC(C)(C)C)c1cc(N(CC)CC)cc(=O)o1. The van der Waals surface area contributed by atoms with Crippen molar-refractivity contribution in [2.45, 2.75) is 66.0 Å². The number of amides is 1. The molecule has 0 unspecified atom stereocenters. The molecule has 0 bridgehead atoms. The number of alkyl carbamates (subject to hydrolysis) is 1. The Balaban J connectivity index is 3.07. The van der Waals surface area contributed by atoms with E-state index in [2.05, 4.69) is 10.2 Å². The second-order valence-electron chi connectivity index (χ2n) is 6.70. The van der Waals surface area contributed by atoms with Gasteiger partial charge in [0.25, 0.3) is 0 Å². The number of nitrogens with zero attached hydrogens (tertiary/aromatic N) is 1. The highest BCUT2D eigenvalue weighted by molar-refractivity contribution is 5.68. The Kier molecular flexibility index (Phi) is 7.32. The van der Waals surface area contributed by atoms with Crippen LogP contribution in [0.15, 0.2) is 21.3 Å². The summed E-state index contributed by atoms with van der Waals surface area (Å²) in [6.07, 6.45) is 0.973. The van der Waals surface area contributed by atoms with E-state index >= 15 is 0 Å². The van der Waals surface area contributed by atoms with Gasteiger partial charge < -0.3 is 19.4 Å². The van der Waals surface area contributed by atoms with E-state index in [0.717, 1.165) is 25.2 Å². The molecule has 6 heteroatoms. The third-order valence-corrected chi connectivity index (χ3v) is 3.51. The zero-order valence-corrected chi connectivity index (χ0v) is 15.6. The molecule has 1 rings (SSSR count). The summed E-state index contributed by atoms with van der Waals surface area (Å²) in [4.78, 5) is 26.1. The fraction of sp³-hybridized carbons (Fsp3) is 0.667. The Bertz CT molecular complexity index is 585. The number of ether oxygens (including phenoxy) is 1. The van der Waals surface area contributed by atoms with Gasteiger partial charge in [0.2, 0.25) is 0 Å². The molecule has 24 heavy (non-hydrogen) atoms. The maximum atomic E-state index is 12.1. The topological polar surface area (TPSA) is 71.8 Å². The van der Waals surface area contributed by atoms with Crippen molar-refractivity contribution >= 4 is 11.8 Å². The summed E-state index contributed by atoms with van der Waals surface area (Å²) < 4.78 is 10.7. The minimum atomic E-state index is -0.579. The normalized spacial score (nSPS) is 12.6. The molecular formula is C18H30N2O4. The molecule has 0 radical (unpaired) electrons. The minimum absolute atomic E-state index is 0.395. The monoisotopic (exact) mass is 338 g/mol. The van der Waals surface area contributed by atoms with E-state index in [9.17, 15) is 9.59 Å². The number of carbonyl (C=O) groups is 1. The van der Waals surface area contributed by atoms with Crippen molar-refractivity contribution in [1.29, 1.82) is 0 Å². The third kappa shape index (κ3) is 6.26. The van der Waals surface area contributed by atoms with E-state index in [1.165, 1.54) is 6.07 Å². The lowest BCUT2D eigenvalue weighted by Gasteiger charge is -2.24. The summed E-state index contributed by atoms with van der Waals surface area (Å²) in [5.74, 6) is 0.456. The summed E-state index contributed by atoms with van der Waals surface area (Å²) >= 11 is 0. The quantitative estimate of drug-likeness (QED) is 0.817. The largest absolute Gasteiger partial charge is 0.444 e. The predicted molar refractivity (Wildman–Crippen MR) is 95.6 cm³/mol. The number of hydrogen-bond donors (Lipinski definition) is 1. The third-order valence-electron chi connectivity index (χ3n) is 3.51. The minimum Gasteiger partial charge on any atom is -0.444 e. The van der Waals surface area contributed by atoms with Crippen LogP contribution in [-0.4, -0.2) is 24.8 Å². The summed E-state index contributed by atoms with van der Waals surface area (Å²) in [5, 5.41) is 2.81. The molecule has 1 atom stereocenters. The second kappa shape index (κ2) is 8.76. The van der Waals surface area contributed by atoms with Gasteiger partial charge in [-0.1, -0.05) is 13.3 Å². The molecule has 1 amide bonds. The van der Waals surface area contributed by atoms with E-state index < -0.39 is 23.4 Å². The first-order valence-electron chi connectivity index (χ1n) is 8.59. The van der Waals surface area contributed by atoms with Crippen LogP contribution in [0.2, 0.25) is 0 Å². The standard InChI is InChI=1S/C18H30N2O4/c1-7-10-14(19-17(22)24-18(4,5)6)15-11-13(12-16(21)23-15)20(8-2)9-3/h11-12,14H,7-10H2,1-6H3,(H,19,22)/t14-/m1/s1. The van der Waals surface area contributed by atoms with E-state index in [0.29, 0.717) is 12.2 Å². The average molecular weight is 338 g/mol. The number of rotatable bonds is 7. The highest BCUT2D eigenvalue weighted by atomic mass is 16.6. The Hall–Kier alpha value is -1.98. The molecule has 6 nitrogen and oxygen atoms in total. The first kappa shape index (κ1) is 20.1. The van der Waals surface area contributed by atoms with Crippen molar-refractivity contribution in [1.82, 2.24) is 5.32 Å². The molecule has 136 valence electrons. The Morgan fingerprint density at radius 3 is 2.38 bits per heavy atom. The van der Waals surface area contributed by atoms with Crippen molar-refractivity contribution in [3.63, 3.8) is 0 Å². The highest BCUT2D eigenvalue weighted by Gasteiger charge is 2.22. The lowest BCUT2D eigenvalue weighted by molar-refractivity contribution is 0.0493. The van der Waals surface area contributed by atoms with Crippen LogP contribution in [-0.2, 0) is 4.74 Å². The Morgan fingerprint density at radius 1 is 1.25 bits per heavy atom. The van der Waals surface area contributed by atoms with Gasteiger partial charge in [-0.3, -0.25) is 0 Å². The Labute approximate surface area is 144 Å². The van der Waals surface area contributed by atoms with Gasteiger partial charge in [0.1, 0.15) is 11.4 Å². The maximum Gasteiger partial charge on any atom is 0.408 e. The predicted octanol–water partition coefficient (Wildman–Crippen LogP) is 3.85. The molecule has 0 fully saturated rings. The molecular weight excluding hydrogens is 308 g/mol. The van der Waals surface area contributed by atoms with Gasteiger partial charge in [0, 0.05) is 30.9 Å². The van der Waals surface area contributed by atoms with Gasteiger partial charge in [-0.2, -0.15) is 0 Å². The van der Waals surface area contributed by atoms with Gasteiger partial charge in [0.15, 0.2) is 0 Å². The fourth-order valence-corrected chi connectivity index (χ4v) is 2.45. The van der Waals surface area contributed by atoms with Crippen LogP contribution >= 0.6 is 0 Å². The molecule has 0 aliphatic rings. The molecule has 0 aliphatic heterocycles. The van der Waals surface area contributed by atoms with Crippen LogP contribution in [0.25, 0.3) is 0 Å². The average Bonchev–Trinajstić information content (AvgIpc) is 2.45. The van der Waals surface area contributed by atoms with Crippen molar-refractivity contribution in [3.05, 3.63) is 28.3 Å². The van der Waals surface area contributed by atoms with E-state index in [1.54, 1.807) is 0 Å². The smallest absolute Gasteiger partial charge is 0.408 e. The zero-order chi connectivity index (χ0) is 18.3. The summed E-state index contributed by atoms with van der Waals surface area (Å²) in [6, 6.07) is 2.91. The zero-order valence-electron chi connectivity index (χ0n) is 15.6. The number of anilines is 1. The highest BCUT2D eigenvalue weighted by Crippen LogP contribution is 2.23. The molecule has 1 heterocycles. The molecule has 0 aromatic carbocycles. The van der Waals surface area contributed by atoms with Gasteiger partial charge in [-0.25, -0.2) is 9.59 Å². The molecule has 1 aromatic heterocycles. The number of hydrogen-bond acceptors (Lipinski definition) is 5. The van der Waals surface area contributed by atoms with Gasteiger partial charge >= 0.3 is 11.7 Å². The van der Waals surface area contributed by atoms with Crippen molar-refractivity contribution in [3.8, 4) is 0 Å². The lowest BCUT2D eigenvalue weighted by atomic mass is 10.1. The van der Waals surface area contributed by atoms with Crippen molar-refractivity contribution < 1.29 is 13.9 Å². The number of carbonyl (C=O) groups excluding carboxylic acids is 1. The van der Waals surface area contributed by atoms with Gasteiger partial charge in [0.05, 0.1) is 6.04 Å². The Morgan fingerprint density at radius 2 is 1.88 bits per heavy atom. The fourth-order valence-electron chi connectivity index (χ4n) is 2.45. The van der Waals surface area contributed by atoms with Gasteiger partial charge in [-0.15, -0.1) is 0 Å². The molecule has 1 aromatic rings. The summed E-state index contributed by atoms with van der Waals surface area (Å²) in [6.45, 7) is 13.1. The maximum absolute atomic E-state index is 12.1. The molecule has 1 N–H and O–H groups in total. The van der Waals surface area contributed by atoms with Gasteiger partial charge in [-0.05, 0) is 41.0 Å². The van der Waals surface area contributed by atoms with Crippen LogP contribution in [0.4, 0.5) is 10.5 Å².